The topological polar surface area (TPSA) is 75.0 Å². The zero-order chi connectivity index (χ0) is 20.5. The molecule has 0 bridgehead atoms. The highest BCUT2D eigenvalue weighted by Crippen LogP contribution is 2.11. The molecule has 2 aliphatic rings. The van der Waals surface area contributed by atoms with Crippen molar-refractivity contribution >= 4 is 11.9 Å². The summed E-state index contributed by atoms with van der Waals surface area (Å²) in [6.07, 6.45) is 4.77. The molecule has 29 heavy (non-hydrogen) atoms. The number of rotatable bonds is 4. The summed E-state index contributed by atoms with van der Waals surface area (Å²) < 4.78 is 0. The molecule has 2 heterocycles. The van der Waals surface area contributed by atoms with Gasteiger partial charge in [0.15, 0.2) is 5.96 Å². The van der Waals surface area contributed by atoms with Gasteiger partial charge in [0.25, 0.3) is 0 Å². The van der Waals surface area contributed by atoms with Gasteiger partial charge in [0.1, 0.15) is 0 Å². The molecule has 1 amide bonds. The zero-order valence-electron chi connectivity index (χ0n) is 17.4. The van der Waals surface area contributed by atoms with Crippen molar-refractivity contribution in [2.45, 2.75) is 32.2 Å². The summed E-state index contributed by atoms with van der Waals surface area (Å²) in [5, 5.41) is 12.4. The van der Waals surface area contributed by atoms with Crippen molar-refractivity contribution in [3.63, 3.8) is 0 Å². The number of likely N-dealkylation sites (tertiary alicyclic amines) is 1. The van der Waals surface area contributed by atoms with Gasteiger partial charge in [0.05, 0.1) is 18.2 Å². The lowest BCUT2D eigenvalue weighted by Crippen LogP contribution is -2.54. The van der Waals surface area contributed by atoms with Crippen LogP contribution in [-0.4, -0.2) is 79.4 Å². The molecule has 1 N–H and O–H groups in total. The number of nitrogens with zero attached hydrogens (tertiary/aromatic N) is 5. The van der Waals surface area contributed by atoms with Gasteiger partial charge in [-0.25, -0.2) is 0 Å². The Morgan fingerprint density at radius 2 is 1.79 bits per heavy atom. The third-order valence-corrected chi connectivity index (χ3v) is 5.71. The Morgan fingerprint density at radius 3 is 2.45 bits per heavy atom. The first-order valence-corrected chi connectivity index (χ1v) is 10.6. The first-order valence-electron chi connectivity index (χ1n) is 10.6. The molecule has 1 aromatic rings. The fraction of sp³-hybridized carbons (Fsp3) is 0.591. The summed E-state index contributed by atoms with van der Waals surface area (Å²) in [7, 11) is 1.79. The van der Waals surface area contributed by atoms with Crippen molar-refractivity contribution in [2.24, 2.45) is 4.99 Å². The van der Waals surface area contributed by atoms with Crippen LogP contribution in [0.1, 0.15) is 36.8 Å². The fourth-order valence-corrected chi connectivity index (χ4v) is 3.99. The Hall–Kier alpha value is -2.59. The van der Waals surface area contributed by atoms with Gasteiger partial charge < -0.3 is 15.1 Å². The smallest absolute Gasteiger partial charge is 0.236 e. The number of nitrogens with one attached hydrogen (secondary N) is 1. The average Bonchev–Trinajstić information content (AvgIpc) is 3.05. The molecule has 0 aromatic heterocycles. The SMILES string of the molecule is CN=C(NCc1cccc(C#N)c1)N1CCN(CC(=O)N2CCCCCC2)CC1. The van der Waals surface area contributed by atoms with Gasteiger partial charge in [-0.1, -0.05) is 25.0 Å². The van der Waals surface area contributed by atoms with Crippen LogP contribution in [0.4, 0.5) is 0 Å². The second-order valence-corrected chi connectivity index (χ2v) is 7.77. The van der Waals surface area contributed by atoms with E-state index in [0.717, 1.165) is 63.6 Å². The monoisotopic (exact) mass is 396 g/mol. The van der Waals surface area contributed by atoms with Crippen molar-refractivity contribution < 1.29 is 4.79 Å². The molecule has 0 saturated carbocycles. The number of guanidine groups is 1. The predicted octanol–water partition coefficient (Wildman–Crippen LogP) is 1.65. The first-order chi connectivity index (χ1) is 14.2. The average molecular weight is 397 g/mol. The van der Waals surface area contributed by atoms with Gasteiger partial charge in [-0.15, -0.1) is 0 Å². The lowest BCUT2D eigenvalue weighted by Gasteiger charge is -2.37. The summed E-state index contributed by atoms with van der Waals surface area (Å²) in [6, 6.07) is 9.79. The molecule has 0 atom stereocenters. The van der Waals surface area contributed by atoms with Crippen LogP contribution in [0.2, 0.25) is 0 Å². The van der Waals surface area contributed by atoms with Crippen LogP contribution in [0.5, 0.6) is 0 Å². The molecule has 2 saturated heterocycles. The fourth-order valence-electron chi connectivity index (χ4n) is 3.99. The summed E-state index contributed by atoms with van der Waals surface area (Å²) in [5.41, 5.74) is 1.73. The zero-order valence-corrected chi connectivity index (χ0v) is 17.4. The van der Waals surface area contributed by atoms with Crippen molar-refractivity contribution in [3.05, 3.63) is 35.4 Å². The van der Waals surface area contributed by atoms with E-state index in [1.54, 1.807) is 7.05 Å². The number of benzene rings is 1. The lowest BCUT2D eigenvalue weighted by molar-refractivity contribution is -0.132. The Balaban J connectivity index is 1.44. The number of hydrogen-bond donors (Lipinski definition) is 1. The Labute approximate surface area is 174 Å². The van der Waals surface area contributed by atoms with Crippen molar-refractivity contribution in [1.82, 2.24) is 20.0 Å². The first kappa shape index (κ1) is 21.1. The third kappa shape index (κ3) is 6.20. The number of carbonyl (C=O) groups is 1. The Morgan fingerprint density at radius 1 is 1.07 bits per heavy atom. The van der Waals surface area contributed by atoms with Crippen LogP contribution < -0.4 is 5.32 Å². The standard InChI is InChI=1S/C22H32N6O/c1-24-22(25-17-20-8-6-7-19(15-20)16-23)28-13-11-26(12-14-28)18-21(29)27-9-4-2-3-5-10-27/h6-8,15H,2-5,9-14,17-18H2,1H3,(H,24,25). The van der Waals surface area contributed by atoms with Gasteiger partial charge in [-0.05, 0) is 30.5 Å². The normalized spacial score (nSPS) is 18.8. The summed E-state index contributed by atoms with van der Waals surface area (Å²) in [4.78, 5) is 23.6. The van der Waals surface area contributed by atoms with Crippen molar-refractivity contribution in [2.75, 3.05) is 52.9 Å². The molecular formula is C22H32N6O. The van der Waals surface area contributed by atoms with Crippen LogP contribution in [0.25, 0.3) is 0 Å². The van der Waals surface area contributed by atoms with E-state index in [9.17, 15) is 4.79 Å². The number of hydrogen-bond acceptors (Lipinski definition) is 4. The number of piperazine rings is 1. The highest BCUT2D eigenvalue weighted by molar-refractivity contribution is 5.80. The van der Waals surface area contributed by atoms with E-state index in [0.29, 0.717) is 18.7 Å². The van der Waals surface area contributed by atoms with E-state index in [-0.39, 0.29) is 5.91 Å². The maximum atomic E-state index is 12.6. The van der Waals surface area contributed by atoms with Crippen LogP contribution in [0.15, 0.2) is 29.3 Å². The molecule has 0 spiro atoms. The van der Waals surface area contributed by atoms with Crippen LogP contribution >= 0.6 is 0 Å². The quantitative estimate of drug-likeness (QED) is 0.619. The Kier molecular flexibility index (Phi) is 7.88. The third-order valence-electron chi connectivity index (χ3n) is 5.71. The van der Waals surface area contributed by atoms with Crippen molar-refractivity contribution in [1.29, 1.82) is 5.26 Å². The predicted molar refractivity (Wildman–Crippen MR) is 114 cm³/mol. The maximum absolute atomic E-state index is 12.6. The van der Waals surface area contributed by atoms with Gasteiger partial charge in [-0.2, -0.15) is 5.26 Å². The number of carbonyl (C=O) groups excluding carboxylic acids is 1. The second-order valence-electron chi connectivity index (χ2n) is 7.77. The molecule has 3 rings (SSSR count). The molecular weight excluding hydrogens is 364 g/mol. The maximum Gasteiger partial charge on any atom is 0.236 e. The van der Waals surface area contributed by atoms with Crippen LogP contribution in [0.3, 0.4) is 0 Å². The number of amides is 1. The second kappa shape index (κ2) is 10.8. The molecule has 0 aliphatic carbocycles. The minimum absolute atomic E-state index is 0.278. The number of nitriles is 1. The molecule has 2 fully saturated rings. The van der Waals surface area contributed by atoms with E-state index < -0.39 is 0 Å². The van der Waals surface area contributed by atoms with Gasteiger partial charge in [0, 0.05) is 52.9 Å². The van der Waals surface area contributed by atoms with Gasteiger partial charge >= 0.3 is 0 Å². The minimum Gasteiger partial charge on any atom is -0.352 e. The molecule has 156 valence electrons. The summed E-state index contributed by atoms with van der Waals surface area (Å²) in [5.74, 6) is 1.14. The van der Waals surface area contributed by atoms with E-state index in [1.807, 2.05) is 24.3 Å². The molecule has 7 heteroatoms. The van der Waals surface area contributed by atoms with Crippen LogP contribution in [-0.2, 0) is 11.3 Å². The highest BCUT2D eigenvalue weighted by atomic mass is 16.2. The molecule has 1 aromatic carbocycles. The Bertz CT molecular complexity index is 740. The molecule has 0 radical (unpaired) electrons. The van der Waals surface area contributed by atoms with E-state index >= 15 is 0 Å². The summed E-state index contributed by atoms with van der Waals surface area (Å²) >= 11 is 0. The summed E-state index contributed by atoms with van der Waals surface area (Å²) in [6.45, 7) is 6.44. The van der Waals surface area contributed by atoms with E-state index in [2.05, 4.69) is 31.1 Å². The van der Waals surface area contributed by atoms with Crippen LogP contribution in [0, 0.1) is 11.3 Å². The number of aliphatic imine (C=N–C) groups is 1. The highest BCUT2D eigenvalue weighted by Gasteiger charge is 2.23. The minimum atomic E-state index is 0.278. The van der Waals surface area contributed by atoms with Gasteiger partial charge in [0.2, 0.25) is 5.91 Å². The van der Waals surface area contributed by atoms with Crippen molar-refractivity contribution in [3.8, 4) is 6.07 Å². The molecule has 7 nitrogen and oxygen atoms in total. The lowest BCUT2D eigenvalue weighted by atomic mass is 10.1. The van der Waals surface area contributed by atoms with Gasteiger partial charge in [-0.3, -0.25) is 14.7 Å². The molecule has 2 aliphatic heterocycles. The largest absolute Gasteiger partial charge is 0.352 e. The van der Waals surface area contributed by atoms with E-state index in [4.69, 9.17) is 5.26 Å². The van der Waals surface area contributed by atoms with E-state index in [1.165, 1.54) is 12.8 Å². The molecule has 0 unspecified atom stereocenters.